The third-order valence-electron chi connectivity index (χ3n) is 7.35. The number of alkyl halides is 2. The molecular weight excluding hydrogens is 601 g/mol. The number of halogens is 4. The van der Waals surface area contributed by atoms with Crippen molar-refractivity contribution in [2.75, 3.05) is 26.0 Å². The van der Waals surface area contributed by atoms with Gasteiger partial charge in [0.05, 0.1) is 42.0 Å². The minimum Gasteiger partial charge on any atom is -0.453 e. The Bertz CT molecular complexity index is 1640. The van der Waals surface area contributed by atoms with Crippen LogP contribution < -0.4 is 5.73 Å². The summed E-state index contributed by atoms with van der Waals surface area (Å²) in [5, 5.41) is 12.3. The number of methoxy groups -OCH3 is 1. The topological polar surface area (TPSA) is 150 Å². The fourth-order valence-corrected chi connectivity index (χ4v) is 7.16. The highest BCUT2D eigenvalue weighted by Crippen LogP contribution is 2.38. The van der Waals surface area contributed by atoms with Gasteiger partial charge in [0, 0.05) is 24.4 Å². The zero-order chi connectivity index (χ0) is 30.4. The molecule has 3 atom stereocenters. The predicted molar refractivity (Wildman–Crippen MR) is 143 cm³/mol. The Morgan fingerprint density at radius 3 is 2.64 bits per heavy atom. The van der Waals surface area contributed by atoms with E-state index >= 15 is 4.39 Å². The number of amides is 1. The molecule has 3 aromatic rings. The summed E-state index contributed by atoms with van der Waals surface area (Å²) in [7, 11) is -3.11. The van der Waals surface area contributed by atoms with Crippen molar-refractivity contribution >= 4 is 33.3 Å². The summed E-state index contributed by atoms with van der Waals surface area (Å²) in [6.07, 6.45) is -1.55. The van der Waals surface area contributed by atoms with Gasteiger partial charge in [0.25, 0.3) is 5.92 Å². The summed E-state index contributed by atoms with van der Waals surface area (Å²) in [6, 6.07) is 6.48. The van der Waals surface area contributed by atoms with Crippen molar-refractivity contribution in [2.24, 2.45) is 5.73 Å². The van der Waals surface area contributed by atoms with Gasteiger partial charge in [0.2, 0.25) is 5.82 Å². The van der Waals surface area contributed by atoms with Gasteiger partial charge in [-0.15, -0.1) is 10.2 Å². The lowest BCUT2D eigenvalue weighted by atomic mass is 9.85. The van der Waals surface area contributed by atoms with Crippen molar-refractivity contribution in [1.29, 1.82) is 0 Å². The predicted octanol–water partition coefficient (Wildman–Crippen LogP) is 3.18. The highest BCUT2D eigenvalue weighted by molar-refractivity contribution is 7.91. The number of ketones is 1. The molecule has 2 N–H and O–H groups in total. The Kier molecular flexibility index (Phi) is 8.02. The Balaban J connectivity index is 1.56. The minimum atomic E-state index is -4.18. The van der Waals surface area contributed by atoms with E-state index in [0.29, 0.717) is 5.02 Å². The van der Waals surface area contributed by atoms with Crippen LogP contribution in [0.1, 0.15) is 35.9 Å². The highest BCUT2D eigenvalue weighted by atomic mass is 35.5. The van der Waals surface area contributed by atoms with E-state index in [4.69, 9.17) is 17.3 Å². The maximum atomic E-state index is 15.5. The van der Waals surface area contributed by atoms with Gasteiger partial charge < -0.3 is 10.5 Å². The second-order valence-corrected chi connectivity index (χ2v) is 12.9. The van der Waals surface area contributed by atoms with Gasteiger partial charge in [-0.2, -0.15) is 4.80 Å². The van der Waals surface area contributed by atoms with Gasteiger partial charge in [-0.1, -0.05) is 23.7 Å². The van der Waals surface area contributed by atoms with E-state index in [0.717, 1.165) is 28.4 Å². The lowest BCUT2D eigenvalue weighted by Gasteiger charge is -2.35. The molecular formula is C26H26ClF3N6O5S. The second kappa shape index (κ2) is 11.3. The van der Waals surface area contributed by atoms with Crippen LogP contribution in [0.2, 0.25) is 5.02 Å². The Morgan fingerprint density at radius 1 is 1.24 bits per heavy atom. The van der Waals surface area contributed by atoms with Crippen LogP contribution in [0.4, 0.5) is 18.0 Å². The molecule has 1 aromatic heterocycles. The molecule has 16 heteroatoms. The molecule has 2 unspecified atom stereocenters. The number of likely N-dealkylation sites (tertiary alicyclic amines) is 1. The number of tetrazole rings is 1. The quantitative estimate of drug-likeness (QED) is 0.460. The van der Waals surface area contributed by atoms with Crippen LogP contribution in [-0.2, 0) is 25.8 Å². The smallest absolute Gasteiger partial charge is 0.409 e. The summed E-state index contributed by atoms with van der Waals surface area (Å²) in [6.45, 7) is -1.04. The van der Waals surface area contributed by atoms with Crippen LogP contribution in [0, 0.1) is 5.82 Å². The first-order chi connectivity index (χ1) is 19.8. The largest absolute Gasteiger partial charge is 0.453 e. The number of benzene rings is 2. The van der Waals surface area contributed by atoms with Crippen molar-refractivity contribution in [3.63, 3.8) is 0 Å². The average Bonchev–Trinajstić information content (AvgIpc) is 3.42. The summed E-state index contributed by atoms with van der Waals surface area (Å²) in [5.41, 5.74) is 6.57. The molecule has 0 radical (unpaired) electrons. The first-order valence-corrected chi connectivity index (χ1v) is 14.9. The molecule has 5 rings (SSSR count). The number of Topliss-reactive ketones (excluding diaryl/α,β-unsaturated/α-hetero) is 1. The van der Waals surface area contributed by atoms with Crippen LogP contribution >= 0.6 is 11.6 Å². The number of fused-ring (bicyclic) bond motifs is 1. The van der Waals surface area contributed by atoms with E-state index in [1.807, 2.05) is 0 Å². The fourth-order valence-electron chi connectivity index (χ4n) is 5.32. The van der Waals surface area contributed by atoms with Crippen molar-refractivity contribution in [3.05, 3.63) is 58.4 Å². The maximum Gasteiger partial charge on any atom is 0.409 e. The van der Waals surface area contributed by atoms with Crippen molar-refractivity contribution in [1.82, 2.24) is 25.1 Å². The number of hydrogen-bond donors (Lipinski definition) is 1. The summed E-state index contributed by atoms with van der Waals surface area (Å²) in [4.78, 5) is 26.2. The number of nitrogens with zero attached hydrogens (tertiary/aromatic N) is 5. The van der Waals surface area contributed by atoms with Gasteiger partial charge in [-0.3, -0.25) is 9.69 Å². The molecule has 42 heavy (non-hydrogen) atoms. The molecule has 11 nitrogen and oxygen atoms in total. The average molecular weight is 627 g/mol. The van der Waals surface area contributed by atoms with E-state index in [2.05, 4.69) is 20.1 Å². The Morgan fingerprint density at radius 2 is 1.95 bits per heavy atom. The molecule has 1 fully saturated rings. The van der Waals surface area contributed by atoms with Crippen LogP contribution in [0.25, 0.3) is 11.4 Å². The van der Waals surface area contributed by atoms with Gasteiger partial charge in [0.15, 0.2) is 15.6 Å². The van der Waals surface area contributed by atoms with Gasteiger partial charge >= 0.3 is 6.09 Å². The molecule has 3 heterocycles. The number of piperidine rings is 1. The van der Waals surface area contributed by atoms with Crippen LogP contribution in [0.3, 0.4) is 0 Å². The number of carbonyl (C=O) groups excluding carboxylic acids is 2. The summed E-state index contributed by atoms with van der Waals surface area (Å²) < 4.78 is 75.4. The summed E-state index contributed by atoms with van der Waals surface area (Å²) >= 11 is 5.99. The number of ether oxygens (including phenoxy) is 1. The monoisotopic (exact) mass is 626 g/mol. The lowest BCUT2D eigenvalue weighted by molar-refractivity contribution is -0.120. The molecule has 1 amide bonds. The molecule has 0 bridgehead atoms. The van der Waals surface area contributed by atoms with Crippen molar-refractivity contribution in [2.45, 2.75) is 48.1 Å². The minimum absolute atomic E-state index is 0.113. The van der Waals surface area contributed by atoms with E-state index in [1.165, 1.54) is 6.07 Å². The zero-order valence-electron chi connectivity index (χ0n) is 22.2. The number of rotatable bonds is 4. The van der Waals surface area contributed by atoms with Crippen LogP contribution in [0.15, 0.2) is 41.3 Å². The lowest BCUT2D eigenvalue weighted by Crippen LogP contribution is -2.50. The normalized spacial score (nSPS) is 23.5. The van der Waals surface area contributed by atoms with Crippen LogP contribution in [0.5, 0.6) is 0 Å². The van der Waals surface area contributed by atoms with Gasteiger partial charge in [0.1, 0.15) is 5.82 Å². The molecule has 2 aliphatic heterocycles. The third kappa shape index (κ3) is 6.13. The maximum absolute atomic E-state index is 15.5. The number of sulfone groups is 1. The standard InChI is InChI=1S/C26H26ClF3N6O5S/c1-41-25(38)35-11-17(10-26(29,30)13-35)36-33-24(32-34-36)19-8-18-15(6-14-2-4-16(27)5-3-14)7-22(37)21(31)12-42(39,40)23(18)9-20(19)28/h2-5,8-9,15,17,21H,6-7,10-13,31H2,1H3/t15?,17?,21-/m0/s1. The van der Waals surface area contributed by atoms with Gasteiger partial charge in [-0.25, -0.2) is 26.4 Å². The SMILES string of the molecule is COC(=O)N1CC(n2nnc(-c3cc4c(cc3F)S(=O)(=O)C[C@H](N)C(=O)CC4Cc3ccc(Cl)cc3)n2)CC(F)(F)C1. The zero-order valence-corrected chi connectivity index (χ0v) is 23.8. The Labute approximate surface area is 243 Å². The molecule has 0 saturated carbocycles. The van der Waals surface area contributed by atoms with E-state index in [1.54, 1.807) is 24.3 Å². The van der Waals surface area contributed by atoms with E-state index < -0.39 is 70.2 Å². The Hall–Kier alpha value is -3.56. The number of nitrogens with two attached hydrogens (primary N) is 1. The summed E-state index contributed by atoms with van der Waals surface area (Å²) in [5.74, 6) is -6.42. The number of carbonyl (C=O) groups is 2. The molecule has 2 aromatic carbocycles. The molecule has 0 aliphatic carbocycles. The number of aromatic nitrogens is 4. The van der Waals surface area contributed by atoms with E-state index in [9.17, 15) is 26.8 Å². The third-order valence-corrected chi connectivity index (χ3v) is 9.42. The van der Waals surface area contributed by atoms with Crippen LogP contribution in [-0.4, -0.2) is 83.3 Å². The highest BCUT2D eigenvalue weighted by Gasteiger charge is 2.44. The molecule has 224 valence electrons. The molecule has 1 saturated heterocycles. The molecule has 0 spiro atoms. The van der Waals surface area contributed by atoms with Crippen molar-refractivity contribution < 1.29 is 35.9 Å². The number of hydrogen-bond acceptors (Lipinski definition) is 9. The van der Waals surface area contributed by atoms with Gasteiger partial charge in [-0.05, 0) is 52.9 Å². The fraction of sp³-hybridized carbons (Fsp3) is 0.423. The van der Waals surface area contributed by atoms with Crippen molar-refractivity contribution in [3.8, 4) is 11.4 Å². The molecule has 2 aliphatic rings. The van der Waals surface area contributed by atoms with E-state index in [-0.39, 0.29) is 41.2 Å². The first-order valence-electron chi connectivity index (χ1n) is 12.9. The first kappa shape index (κ1) is 29.9. The second-order valence-electron chi connectivity index (χ2n) is 10.5.